The third-order valence-corrected chi connectivity index (χ3v) is 3.29. The van der Waals surface area contributed by atoms with E-state index in [2.05, 4.69) is 9.72 Å². The molecule has 0 aliphatic carbocycles. The van der Waals surface area contributed by atoms with Crippen LogP contribution in [-0.4, -0.2) is 45.8 Å². The fraction of sp³-hybridized carbons (Fsp3) is 0.643. The number of alkyl halides is 3. The van der Waals surface area contributed by atoms with E-state index in [4.69, 9.17) is 4.74 Å². The summed E-state index contributed by atoms with van der Waals surface area (Å²) in [5.74, 6) is -2.16. The molecule has 1 aliphatic rings. The lowest BCUT2D eigenvalue weighted by Crippen LogP contribution is -2.42. The number of nitrogens with zero attached hydrogens (tertiary/aromatic N) is 3. The molecule has 0 saturated heterocycles. The molecule has 0 saturated carbocycles. The molecule has 24 heavy (non-hydrogen) atoms. The molecule has 1 aromatic rings. The van der Waals surface area contributed by atoms with E-state index in [1.807, 2.05) is 0 Å². The first-order chi connectivity index (χ1) is 10.9. The highest BCUT2D eigenvalue weighted by Crippen LogP contribution is 2.32. The molecular weight excluding hydrogens is 331 g/mol. The van der Waals surface area contributed by atoms with E-state index in [-0.39, 0.29) is 25.3 Å². The Morgan fingerprint density at radius 3 is 2.29 bits per heavy atom. The molecule has 1 aromatic heterocycles. The van der Waals surface area contributed by atoms with Gasteiger partial charge in [-0.05, 0) is 20.8 Å². The Morgan fingerprint density at radius 1 is 1.17 bits per heavy atom. The number of fused-ring (bicyclic) bond motifs is 1. The third kappa shape index (κ3) is 3.62. The molecule has 1 aliphatic heterocycles. The van der Waals surface area contributed by atoms with Gasteiger partial charge in [0.05, 0.1) is 19.3 Å². The van der Waals surface area contributed by atoms with Crippen LogP contribution >= 0.6 is 0 Å². The first-order valence-electron chi connectivity index (χ1n) is 7.17. The summed E-state index contributed by atoms with van der Waals surface area (Å²) >= 11 is 0. The first-order valence-corrected chi connectivity index (χ1v) is 7.17. The molecule has 10 heteroatoms. The van der Waals surface area contributed by atoms with Crippen molar-refractivity contribution in [2.45, 2.75) is 45.6 Å². The van der Waals surface area contributed by atoms with Gasteiger partial charge in [0.25, 0.3) is 0 Å². The van der Waals surface area contributed by atoms with Gasteiger partial charge in [-0.25, -0.2) is 14.6 Å². The van der Waals surface area contributed by atoms with Crippen molar-refractivity contribution in [3.63, 3.8) is 0 Å². The SMILES string of the molecule is COC(=O)c1nc(C(F)(F)F)n2c1CN(C(=O)OC(C)(C)C)CC2. The molecule has 134 valence electrons. The molecular formula is C14H18F3N3O4. The van der Waals surface area contributed by atoms with Gasteiger partial charge in [0.1, 0.15) is 5.60 Å². The van der Waals surface area contributed by atoms with Crippen molar-refractivity contribution in [3.05, 3.63) is 17.2 Å². The lowest BCUT2D eigenvalue weighted by atomic mass is 10.2. The number of ether oxygens (including phenoxy) is 2. The smallest absolute Gasteiger partial charge is 0.449 e. The zero-order valence-electron chi connectivity index (χ0n) is 13.7. The van der Waals surface area contributed by atoms with Crippen molar-refractivity contribution in [2.75, 3.05) is 13.7 Å². The van der Waals surface area contributed by atoms with Crippen LogP contribution in [0.15, 0.2) is 0 Å². The second-order valence-corrected chi connectivity index (χ2v) is 6.27. The molecule has 7 nitrogen and oxygen atoms in total. The molecule has 0 N–H and O–H groups in total. The maximum atomic E-state index is 13.1. The number of hydrogen-bond acceptors (Lipinski definition) is 5. The Hall–Kier alpha value is -2.26. The van der Waals surface area contributed by atoms with Gasteiger partial charge in [0, 0.05) is 13.1 Å². The van der Waals surface area contributed by atoms with Gasteiger partial charge in [-0.15, -0.1) is 0 Å². The van der Waals surface area contributed by atoms with Gasteiger partial charge < -0.3 is 18.9 Å². The summed E-state index contributed by atoms with van der Waals surface area (Å²) in [6.45, 7) is 4.69. The van der Waals surface area contributed by atoms with E-state index in [0.29, 0.717) is 0 Å². The second-order valence-electron chi connectivity index (χ2n) is 6.27. The van der Waals surface area contributed by atoms with Crippen LogP contribution in [0, 0.1) is 0 Å². The number of halogens is 3. The molecule has 2 rings (SSSR count). The maximum absolute atomic E-state index is 13.1. The second kappa shape index (κ2) is 5.99. The van der Waals surface area contributed by atoms with Crippen molar-refractivity contribution >= 4 is 12.1 Å². The van der Waals surface area contributed by atoms with Crippen LogP contribution in [0.5, 0.6) is 0 Å². The van der Waals surface area contributed by atoms with Gasteiger partial charge in [-0.1, -0.05) is 0 Å². The van der Waals surface area contributed by atoms with Gasteiger partial charge in [-0.2, -0.15) is 13.2 Å². The summed E-state index contributed by atoms with van der Waals surface area (Å²) in [5, 5.41) is 0. The lowest BCUT2D eigenvalue weighted by molar-refractivity contribution is -0.147. The molecule has 0 radical (unpaired) electrons. The van der Waals surface area contributed by atoms with Crippen LogP contribution in [0.3, 0.4) is 0 Å². The molecule has 0 fully saturated rings. The van der Waals surface area contributed by atoms with Crippen molar-refractivity contribution < 1.29 is 32.2 Å². The van der Waals surface area contributed by atoms with Gasteiger partial charge in [0.15, 0.2) is 5.69 Å². The summed E-state index contributed by atoms with van der Waals surface area (Å²) < 4.78 is 49.9. The zero-order chi connectivity index (χ0) is 18.3. The van der Waals surface area contributed by atoms with E-state index in [9.17, 15) is 22.8 Å². The lowest BCUT2D eigenvalue weighted by Gasteiger charge is -2.31. The monoisotopic (exact) mass is 349 g/mol. The van der Waals surface area contributed by atoms with E-state index in [0.717, 1.165) is 11.7 Å². The highest BCUT2D eigenvalue weighted by molar-refractivity contribution is 5.88. The van der Waals surface area contributed by atoms with Gasteiger partial charge in [0.2, 0.25) is 5.82 Å². The average molecular weight is 349 g/mol. The normalized spacial score (nSPS) is 15.0. The van der Waals surface area contributed by atoms with Crippen LogP contribution in [0.4, 0.5) is 18.0 Å². The van der Waals surface area contributed by atoms with E-state index in [1.165, 1.54) is 4.90 Å². The maximum Gasteiger partial charge on any atom is 0.449 e. The highest BCUT2D eigenvalue weighted by Gasteiger charge is 2.42. The van der Waals surface area contributed by atoms with Crippen molar-refractivity contribution in [3.8, 4) is 0 Å². The Morgan fingerprint density at radius 2 is 1.79 bits per heavy atom. The number of amides is 1. The Bertz CT molecular complexity index is 661. The fourth-order valence-electron chi connectivity index (χ4n) is 2.33. The molecule has 0 unspecified atom stereocenters. The number of hydrogen-bond donors (Lipinski definition) is 0. The van der Waals surface area contributed by atoms with Crippen molar-refractivity contribution in [1.29, 1.82) is 0 Å². The Balaban J connectivity index is 2.37. The van der Waals surface area contributed by atoms with E-state index >= 15 is 0 Å². The van der Waals surface area contributed by atoms with Crippen molar-refractivity contribution in [2.24, 2.45) is 0 Å². The van der Waals surface area contributed by atoms with Gasteiger partial charge in [-0.3, -0.25) is 0 Å². The predicted molar refractivity (Wildman–Crippen MR) is 75.2 cm³/mol. The Kier molecular flexibility index (Phi) is 4.51. The Labute approximate surface area is 136 Å². The van der Waals surface area contributed by atoms with Crippen LogP contribution in [0.2, 0.25) is 0 Å². The number of imidazole rings is 1. The zero-order valence-corrected chi connectivity index (χ0v) is 13.7. The molecule has 0 bridgehead atoms. The van der Waals surface area contributed by atoms with Crippen molar-refractivity contribution in [1.82, 2.24) is 14.5 Å². The molecule has 0 atom stereocenters. The van der Waals surface area contributed by atoms with Crippen LogP contribution in [0.25, 0.3) is 0 Å². The average Bonchev–Trinajstić information content (AvgIpc) is 2.83. The largest absolute Gasteiger partial charge is 0.464 e. The minimum absolute atomic E-state index is 0.0158. The summed E-state index contributed by atoms with van der Waals surface area (Å²) in [6, 6.07) is 0. The van der Waals surface area contributed by atoms with E-state index in [1.54, 1.807) is 20.8 Å². The summed E-state index contributed by atoms with van der Waals surface area (Å²) in [6.07, 6.45) is -5.38. The van der Waals surface area contributed by atoms with E-state index < -0.39 is 35.4 Å². The van der Waals surface area contributed by atoms with Crippen LogP contribution in [0.1, 0.15) is 42.8 Å². The third-order valence-electron chi connectivity index (χ3n) is 3.29. The molecule has 0 aromatic carbocycles. The number of rotatable bonds is 1. The number of aromatic nitrogens is 2. The van der Waals surface area contributed by atoms with Crippen LogP contribution in [-0.2, 0) is 28.7 Å². The standard InChI is InChI=1S/C14H18F3N3O4/c1-13(2,3)24-12(22)19-5-6-20-8(7-19)9(10(21)23-4)18-11(20)14(15,16)17/h5-7H2,1-4H3. The van der Waals surface area contributed by atoms with Crippen LogP contribution < -0.4 is 0 Å². The number of methoxy groups -OCH3 is 1. The minimum atomic E-state index is -4.71. The summed E-state index contributed by atoms with van der Waals surface area (Å²) in [7, 11) is 1.05. The minimum Gasteiger partial charge on any atom is -0.464 e. The molecule has 1 amide bonds. The van der Waals surface area contributed by atoms with Gasteiger partial charge >= 0.3 is 18.2 Å². The molecule has 2 heterocycles. The summed E-state index contributed by atoms with van der Waals surface area (Å²) in [5.41, 5.74) is -1.21. The highest BCUT2D eigenvalue weighted by atomic mass is 19.4. The fourth-order valence-corrected chi connectivity index (χ4v) is 2.33. The quantitative estimate of drug-likeness (QED) is 0.728. The number of carbonyl (C=O) groups is 2. The first kappa shape index (κ1) is 18.1. The number of carbonyl (C=O) groups excluding carboxylic acids is 2. The molecule has 0 spiro atoms. The predicted octanol–water partition coefficient (Wildman–Crippen LogP) is 2.44. The topological polar surface area (TPSA) is 73.7 Å². The number of esters is 1. The summed E-state index contributed by atoms with van der Waals surface area (Å²) in [4.78, 5) is 28.5.